The SMILES string of the molecule is O=CC(Cn1ccnc1)Oc1ccc(Cl)cc1. The number of hydrogen-bond acceptors (Lipinski definition) is 3. The molecule has 0 bridgehead atoms. The van der Waals surface area contributed by atoms with E-state index in [0.29, 0.717) is 17.3 Å². The van der Waals surface area contributed by atoms with Crippen LogP contribution in [-0.2, 0) is 11.3 Å². The van der Waals surface area contributed by atoms with Gasteiger partial charge >= 0.3 is 0 Å². The summed E-state index contributed by atoms with van der Waals surface area (Å²) in [4.78, 5) is 14.8. The van der Waals surface area contributed by atoms with Crippen molar-refractivity contribution in [1.29, 1.82) is 0 Å². The molecule has 2 rings (SSSR count). The van der Waals surface area contributed by atoms with Crippen LogP contribution in [0.3, 0.4) is 0 Å². The smallest absolute Gasteiger partial charge is 0.171 e. The topological polar surface area (TPSA) is 44.1 Å². The fourth-order valence-electron chi connectivity index (χ4n) is 1.40. The molecule has 4 nitrogen and oxygen atoms in total. The molecule has 0 fully saturated rings. The number of halogens is 1. The van der Waals surface area contributed by atoms with E-state index in [4.69, 9.17) is 16.3 Å². The van der Waals surface area contributed by atoms with Gasteiger partial charge in [0, 0.05) is 17.4 Å². The first kappa shape index (κ1) is 11.7. The average molecular weight is 251 g/mol. The molecule has 0 radical (unpaired) electrons. The maximum Gasteiger partial charge on any atom is 0.171 e. The quantitative estimate of drug-likeness (QED) is 0.764. The summed E-state index contributed by atoms with van der Waals surface area (Å²) >= 11 is 5.76. The van der Waals surface area contributed by atoms with Crippen LogP contribution in [-0.4, -0.2) is 21.9 Å². The van der Waals surface area contributed by atoms with E-state index in [9.17, 15) is 4.79 Å². The van der Waals surface area contributed by atoms with E-state index in [1.807, 2.05) is 0 Å². The van der Waals surface area contributed by atoms with Crippen LogP contribution >= 0.6 is 11.6 Å². The number of ether oxygens (including phenoxy) is 1. The molecule has 0 aliphatic carbocycles. The molecule has 2 aromatic rings. The highest BCUT2D eigenvalue weighted by Crippen LogP contribution is 2.16. The molecule has 0 saturated carbocycles. The third-order valence-corrected chi connectivity index (χ3v) is 2.45. The Kier molecular flexibility index (Phi) is 3.77. The van der Waals surface area contributed by atoms with Gasteiger partial charge in [-0.1, -0.05) is 11.6 Å². The molecule has 0 spiro atoms. The molecule has 1 heterocycles. The van der Waals surface area contributed by atoms with Gasteiger partial charge in [-0.2, -0.15) is 0 Å². The normalized spacial score (nSPS) is 12.1. The van der Waals surface area contributed by atoms with E-state index in [1.54, 1.807) is 47.6 Å². The highest BCUT2D eigenvalue weighted by Gasteiger charge is 2.09. The van der Waals surface area contributed by atoms with Gasteiger partial charge in [-0.15, -0.1) is 0 Å². The summed E-state index contributed by atoms with van der Waals surface area (Å²) in [7, 11) is 0. The van der Waals surface area contributed by atoms with E-state index in [-0.39, 0.29) is 0 Å². The van der Waals surface area contributed by atoms with E-state index >= 15 is 0 Å². The number of aldehydes is 1. The van der Waals surface area contributed by atoms with Crippen molar-refractivity contribution in [2.75, 3.05) is 0 Å². The van der Waals surface area contributed by atoms with Crippen LogP contribution in [0, 0.1) is 0 Å². The molecule has 0 aliphatic heterocycles. The van der Waals surface area contributed by atoms with Gasteiger partial charge in [-0.05, 0) is 24.3 Å². The van der Waals surface area contributed by atoms with Gasteiger partial charge in [0.15, 0.2) is 12.4 Å². The highest BCUT2D eigenvalue weighted by atomic mass is 35.5. The van der Waals surface area contributed by atoms with E-state index < -0.39 is 6.10 Å². The van der Waals surface area contributed by atoms with E-state index in [1.165, 1.54) is 0 Å². The second-order valence-corrected chi connectivity index (χ2v) is 3.94. The molecule has 1 aromatic heterocycles. The van der Waals surface area contributed by atoms with Gasteiger partial charge < -0.3 is 9.30 Å². The predicted molar refractivity (Wildman–Crippen MR) is 64.2 cm³/mol. The number of carbonyl (C=O) groups is 1. The minimum Gasteiger partial charge on any atom is -0.481 e. The van der Waals surface area contributed by atoms with Crippen molar-refractivity contribution in [2.45, 2.75) is 12.6 Å². The summed E-state index contributed by atoms with van der Waals surface area (Å²) in [5.74, 6) is 0.617. The largest absolute Gasteiger partial charge is 0.481 e. The fraction of sp³-hybridized carbons (Fsp3) is 0.167. The summed E-state index contributed by atoms with van der Waals surface area (Å²) in [5.41, 5.74) is 0. The van der Waals surface area contributed by atoms with Crippen molar-refractivity contribution in [1.82, 2.24) is 9.55 Å². The lowest BCUT2D eigenvalue weighted by atomic mass is 10.3. The number of rotatable bonds is 5. The molecule has 0 amide bonds. The number of hydrogen-bond donors (Lipinski definition) is 0. The van der Waals surface area contributed by atoms with Crippen molar-refractivity contribution in [2.24, 2.45) is 0 Å². The summed E-state index contributed by atoms with van der Waals surface area (Å²) < 4.78 is 7.30. The maximum atomic E-state index is 10.9. The molecule has 1 atom stereocenters. The Morgan fingerprint density at radius 3 is 2.76 bits per heavy atom. The summed E-state index contributed by atoms with van der Waals surface area (Å²) in [6.07, 6.45) is 5.31. The van der Waals surface area contributed by atoms with Crippen molar-refractivity contribution in [3.05, 3.63) is 48.0 Å². The summed E-state index contributed by atoms with van der Waals surface area (Å²) in [6, 6.07) is 6.89. The van der Waals surface area contributed by atoms with Crippen LogP contribution in [0.5, 0.6) is 5.75 Å². The number of aromatic nitrogens is 2. The molecule has 0 saturated heterocycles. The Morgan fingerprint density at radius 2 is 2.18 bits per heavy atom. The van der Waals surface area contributed by atoms with Crippen LogP contribution in [0.25, 0.3) is 0 Å². The van der Waals surface area contributed by atoms with Crippen LogP contribution in [0.2, 0.25) is 5.02 Å². The molecule has 0 aliphatic rings. The van der Waals surface area contributed by atoms with E-state index in [2.05, 4.69) is 4.98 Å². The highest BCUT2D eigenvalue weighted by molar-refractivity contribution is 6.30. The zero-order chi connectivity index (χ0) is 12.1. The van der Waals surface area contributed by atoms with Gasteiger partial charge in [-0.3, -0.25) is 4.79 Å². The van der Waals surface area contributed by atoms with Gasteiger partial charge in [0.25, 0.3) is 0 Å². The third-order valence-electron chi connectivity index (χ3n) is 2.20. The number of imidazole rings is 1. The fourth-order valence-corrected chi connectivity index (χ4v) is 1.52. The first-order valence-corrected chi connectivity index (χ1v) is 5.49. The second kappa shape index (κ2) is 5.50. The number of benzene rings is 1. The monoisotopic (exact) mass is 250 g/mol. The zero-order valence-corrected chi connectivity index (χ0v) is 9.75. The Hall–Kier alpha value is -1.81. The van der Waals surface area contributed by atoms with Crippen molar-refractivity contribution in [3.63, 3.8) is 0 Å². The van der Waals surface area contributed by atoms with Gasteiger partial charge in [0.2, 0.25) is 0 Å². The standard InChI is InChI=1S/C12H11ClN2O2/c13-10-1-3-11(4-2-10)17-12(8-16)7-15-6-5-14-9-15/h1-6,8-9,12H,7H2. The summed E-state index contributed by atoms with van der Waals surface area (Å²) in [6.45, 7) is 0.437. The molecule has 0 N–H and O–H groups in total. The molecule has 88 valence electrons. The van der Waals surface area contributed by atoms with Crippen molar-refractivity contribution in [3.8, 4) is 5.75 Å². The Balaban J connectivity index is 2.00. The van der Waals surface area contributed by atoms with E-state index in [0.717, 1.165) is 6.29 Å². The van der Waals surface area contributed by atoms with Crippen molar-refractivity contribution < 1.29 is 9.53 Å². The first-order chi connectivity index (χ1) is 8.28. The van der Waals surface area contributed by atoms with Crippen LogP contribution in [0.4, 0.5) is 0 Å². The van der Waals surface area contributed by atoms with Gasteiger partial charge in [0.1, 0.15) is 5.75 Å². The van der Waals surface area contributed by atoms with Crippen LogP contribution in [0.15, 0.2) is 43.0 Å². The van der Waals surface area contributed by atoms with Gasteiger partial charge in [0.05, 0.1) is 12.9 Å². The van der Waals surface area contributed by atoms with Gasteiger partial charge in [-0.25, -0.2) is 4.98 Å². The number of nitrogens with zero attached hydrogens (tertiary/aromatic N) is 2. The molecule has 1 aromatic carbocycles. The molecule has 1 unspecified atom stereocenters. The molecule has 5 heteroatoms. The van der Waals surface area contributed by atoms with Crippen LogP contribution < -0.4 is 4.74 Å². The third kappa shape index (κ3) is 3.32. The number of carbonyl (C=O) groups excluding carboxylic acids is 1. The molecular weight excluding hydrogens is 240 g/mol. The molecular formula is C12H11ClN2O2. The lowest BCUT2D eigenvalue weighted by Gasteiger charge is -2.13. The Bertz CT molecular complexity index is 468. The predicted octanol–water partition coefficient (Wildman–Crippen LogP) is 2.18. The Morgan fingerprint density at radius 1 is 1.41 bits per heavy atom. The second-order valence-electron chi connectivity index (χ2n) is 3.51. The lowest BCUT2D eigenvalue weighted by Crippen LogP contribution is -2.24. The zero-order valence-electron chi connectivity index (χ0n) is 8.99. The Labute approximate surface area is 104 Å². The minimum absolute atomic E-state index is 0.437. The minimum atomic E-state index is -0.537. The average Bonchev–Trinajstić information content (AvgIpc) is 2.84. The van der Waals surface area contributed by atoms with Crippen molar-refractivity contribution >= 4 is 17.9 Å². The van der Waals surface area contributed by atoms with Crippen LogP contribution in [0.1, 0.15) is 0 Å². The summed E-state index contributed by atoms with van der Waals surface area (Å²) in [5, 5.41) is 0.634. The first-order valence-electron chi connectivity index (χ1n) is 5.11. The lowest BCUT2D eigenvalue weighted by molar-refractivity contribution is -0.114. The molecule has 17 heavy (non-hydrogen) atoms. The maximum absolute atomic E-state index is 10.9.